The Morgan fingerprint density at radius 2 is 1.92 bits per heavy atom. The summed E-state index contributed by atoms with van der Waals surface area (Å²) in [6, 6.07) is 0. The standard InChI is InChI=1S/C17H32N6O.HI/c1-6-9-17(24,10-7-2)13-20-16(18-11-8-3)19-12-15-22-21-14(4)23(15)5;/h8,24H,3,6-7,9-13H2,1-2,4-5H3,(H2,18,19,20);1H. The van der Waals surface area contributed by atoms with Gasteiger partial charge in [-0.2, -0.15) is 0 Å². The summed E-state index contributed by atoms with van der Waals surface area (Å²) in [5, 5.41) is 25.3. The molecule has 0 amide bonds. The van der Waals surface area contributed by atoms with E-state index in [2.05, 4.69) is 46.2 Å². The summed E-state index contributed by atoms with van der Waals surface area (Å²) < 4.78 is 1.92. The number of rotatable bonds is 10. The molecule has 0 aliphatic rings. The summed E-state index contributed by atoms with van der Waals surface area (Å²) in [5.74, 6) is 2.29. The Hall–Kier alpha value is -1.16. The van der Waals surface area contributed by atoms with Crippen LogP contribution in [-0.2, 0) is 13.6 Å². The van der Waals surface area contributed by atoms with E-state index in [9.17, 15) is 5.11 Å². The summed E-state index contributed by atoms with van der Waals surface area (Å²) in [4.78, 5) is 4.54. The van der Waals surface area contributed by atoms with Crippen molar-refractivity contribution in [3.63, 3.8) is 0 Å². The third-order valence-electron chi connectivity index (χ3n) is 3.99. The molecule has 144 valence electrons. The van der Waals surface area contributed by atoms with Crippen LogP contribution >= 0.6 is 24.0 Å². The van der Waals surface area contributed by atoms with Crippen LogP contribution in [0.3, 0.4) is 0 Å². The fraction of sp³-hybridized carbons (Fsp3) is 0.706. The molecular weight excluding hydrogens is 431 g/mol. The van der Waals surface area contributed by atoms with Crippen LogP contribution in [-0.4, -0.2) is 44.5 Å². The lowest BCUT2D eigenvalue weighted by molar-refractivity contribution is 0.0257. The minimum Gasteiger partial charge on any atom is -0.388 e. The zero-order chi connectivity index (χ0) is 18.0. The van der Waals surface area contributed by atoms with Gasteiger partial charge in [0, 0.05) is 20.1 Å². The smallest absolute Gasteiger partial charge is 0.192 e. The van der Waals surface area contributed by atoms with Crippen LogP contribution in [0.1, 0.15) is 51.2 Å². The molecular formula is C17H33IN6O. The first kappa shape index (κ1) is 23.8. The number of aryl methyl sites for hydroxylation is 1. The van der Waals surface area contributed by atoms with Crippen LogP contribution in [0, 0.1) is 6.92 Å². The molecule has 3 N–H and O–H groups in total. The highest BCUT2D eigenvalue weighted by Gasteiger charge is 2.24. The molecule has 0 aromatic carbocycles. The van der Waals surface area contributed by atoms with Crippen LogP contribution in [0.2, 0.25) is 0 Å². The maximum atomic E-state index is 10.7. The maximum Gasteiger partial charge on any atom is 0.192 e. The van der Waals surface area contributed by atoms with Crippen molar-refractivity contribution in [1.29, 1.82) is 0 Å². The molecule has 0 bridgehead atoms. The molecule has 25 heavy (non-hydrogen) atoms. The first-order chi connectivity index (χ1) is 11.5. The summed E-state index contributed by atoms with van der Waals surface area (Å²) >= 11 is 0. The zero-order valence-corrected chi connectivity index (χ0v) is 18.2. The highest BCUT2D eigenvalue weighted by Crippen LogP contribution is 2.18. The van der Waals surface area contributed by atoms with Crippen molar-refractivity contribution in [3.8, 4) is 0 Å². The van der Waals surface area contributed by atoms with E-state index >= 15 is 0 Å². The van der Waals surface area contributed by atoms with Crippen LogP contribution in [0.25, 0.3) is 0 Å². The molecule has 1 aromatic heterocycles. The average Bonchev–Trinajstić information content (AvgIpc) is 2.86. The summed E-state index contributed by atoms with van der Waals surface area (Å²) in [7, 11) is 1.92. The third kappa shape index (κ3) is 8.17. The van der Waals surface area contributed by atoms with E-state index in [1.807, 2.05) is 18.5 Å². The molecule has 0 atom stereocenters. The molecule has 1 aromatic rings. The SMILES string of the molecule is C=CCNC(=NCc1nnc(C)n1C)NCC(O)(CCC)CCC.I. The number of hydrogen-bond donors (Lipinski definition) is 3. The molecule has 1 heterocycles. The molecule has 0 fully saturated rings. The fourth-order valence-electron chi connectivity index (χ4n) is 2.56. The van der Waals surface area contributed by atoms with Crippen LogP contribution in [0.5, 0.6) is 0 Å². The zero-order valence-electron chi connectivity index (χ0n) is 15.9. The van der Waals surface area contributed by atoms with Crippen LogP contribution in [0.15, 0.2) is 17.6 Å². The highest BCUT2D eigenvalue weighted by atomic mass is 127. The lowest BCUT2D eigenvalue weighted by atomic mass is 9.93. The summed E-state index contributed by atoms with van der Waals surface area (Å²) in [6.45, 7) is 11.3. The number of halogens is 1. The van der Waals surface area contributed by atoms with Gasteiger partial charge in [0.25, 0.3) is 0 Å². The maximum absolute atomic E-state index is 10.7. The van der Waals surface area contributed by atoms with Crippen molar-refractivity contribution < 1.29 is 5.11 Å². The molecule has 0 aliphatic carbocycles. The predicted octanol–water partition coefficient (Wildman–Crippen LogP) is 2.29. The Morgan fingerprint density at radius 3 is 2.40 bits per heavy atom. The van der Waals surface area contributed by atoms with Crippen molar-refractivity contribution >= 4 is 29.9 Å². The fourth-order valence-corrected chi connectivity index (χ4v) is 2.56. The van der Waals surface area contributed by atoms with E-state index in [1.165, 1.54) is 0 Å². The number of nitrogens with zero attached hydrogens (tertiary/aromatic N) is 4. The van der Waals surface area contributed by atoms with Gasteiger partial charge in [0.05, 0.1) is 5.60 Å². The van der Waals surface area contributed by atoms with Gasteiger partial charge >= 0.3 is 0 Å². The molecule has 0 spiro atoms. The monoisotopic (exact) mass is 464 g/mol. The molecule has 0 radical (unpaired) electrons. The number of aliphatic hydroxyl groups is 1. The molecule has 8 heteroatoms. The van der Waals surface area contributed by atoms with E-state index in [4.69, 9.17) is 0 Å². The highest BCUT2D eigenvalue weighted by molar-refractivity contribution is 14.0. The lowest BCUT2D eigenvalue weighted by Crippen LogP contribution is -2.47. The largest absolute Gasteiger partial charge is 0.388 e. The number of aliphatic imine (C=N–C) groups is 1. The van der Waals surface area contributed by atoms with Gasteiger partial charge in [-0.05, 0) is 19.8 Å². The Morgan fingerprint density at radius 1 is 1.28 bits per heavy atom. The van der Waals surface area contributed by atoms with E-state index in [0.717, 1.165) is 37.3 Å². The predicted molar refractivity (Wildman–Crippen MR) is 113 cm³/mol. The second-order valence-corrected chi connectivity index (χ2v) is 6.13. The van der Waals surface area contributed by atoms with Crippen LogP contribution in [0.4, 0.5) is 0 Å². The summed E-state index contributed by atoms with van der Waals surface area (Å²) in [6.07, 6.45) is 5.20. The minimum absolute atomic E-state index is 0. The van der Waals surface area contributed by atoms with E-state index in [0.29, 0.717) is 25.6 Å². The topological polar surface area (TPSA) is 87.4 Å². The van der Waals surface area contributed by atoms with Crippen LogP contribution < -0.4 is 10.6 Å². The van der Waals surface area contributed by atoms with Crippen molar-refractivity contribution in [2.24, 2.45) is 12.0 Å². The van der Waals surface area contributed by atoms with Gasteiger partial charge in [0.1, 0.15) is 12.4 Å². The van der Waals surface area contributed by atoms with Gasteiger partial charge in [-0.15, -0.1) is 40.8 Å². The van der Waals surface area contributed by atoms with E-state index in [-0.39, 0.29) is 24.0 Å². The number of hydrogen-bond acceptors (Lipinski definition) is 4. The number of nitrogens with one attached hydrogen (secondary N) is 2. The normalized spacial score (nSPS) is 11.8. The Labute approximate surface area is 168 Å². The minimum atomic E-state index is -0.707. The first-order valence-corrected chi connectivity index (χ1v) is 8.66. The molecule has 7 nitrogen and oxygen atoms in total. The Bertz CT molecular complexity index is 537. The summed E-state index contributed by atoms with van der Waals surface area (Å²) in [5.41, 5.74) is -0.707. The molecule has 0 saturated heterocycles. The molecule has 1 rings (SSSR count). The number of guanidine groups is 1. The average molecular weight is 464 g/mol. The molecule has 0 unspecified atom stereocenters. The van der Waals surface area contributed by atoms with E-state index < -0.39 is 5.60 Å². The Balaban J connectivity index is 0.00000576. The second-order valence-electron chi connectivity index (χ2n) is 6.13. The third-order valence-corrected chi connectivity index (χ3v) is 3.99. The van der Waals surface area contributed by atoms with Crippen molar-refractivity contribution in [1.82, 2.24) is 25.4 Å². The van der Waals surface area contributed by atoms with Gasteiger partial charge in [0.15, 0.2) is 11.8 Å². The van der Waals surface area contributed by atoms with Gasteiger partial charge in [-0.3, -0.25) is 0 Å². The quantitative estimate of drug-likeness (QED) is 0.214. The molecule has 0 aliphatic heterocycles. The second kappa shape index (κ2) is 12.2. The van der Waals surface area contributed by atoms with Crippen molar-refractivity contribution in [3.05, 3.63) is 24.3 Å². The Kier molecular flexibility index (Phi) is 11.7. The van der Waals surface area contributed by atoms with Crippen molar-refractivity contribution in [2.45, 2.75) is 58.6 Å². The number of aromatic nitrogens is 3. The van der Waals surface area contributed by atoms with Crippen molar-refractivity contribution in [2.75, 3.05) is 13.1 Å². The lowest BCUT2D eigenvalue weighted by Gasteiger charge is -2.28. The first-order valence-electron chi connectivity index (χ1n) is 8.66. The van der Waals surface area contributed by atoms with Gasteiger partial charge in [-0.1, -0.05) is 32.8 Å². The molecule has 0 saturated carbocycles. The van der Waals surface area contributed by atoms with Gasteiger partial charge in [-0.25, -0.2) is 4.99 Å². The van der Waals surface area contributed by atoms with Gasteiger partial charge < -0.3 is 20.3 Å². The van der Waals surface area contributed by atoms with Gasteiger partial charge in [0.2, 0.25) is 0 Å². The van der Waals surface area contributed by atoms with E-state index in [1.54, 1.807) is 6.08 Å².